The van der Waals surface area contributed by atoms with Crippen molar-refractivity contribution in [3.63, 3.8) is 0 Å². The van der Waals surface area contributed by atoms with Gasteiger partial charge in [-0.1, -0.05) is 64.3 Å². The highest BCUT2D eigenvalue weighted by atomic mass is 16.5. The topological polar surface area (TPSA) is 93.1 Å². The van der Waals surface area contributed by atoms with Crippen LogP contribution in [0.2, 0.25) is 0 Å². The molecule has 0 aromatic carbocycles. The van der Waals surface area contributed by atoms with E-state index in [0.717, 1.165) is 42.4 Å². The fourth-order valence-electron chi connectivity index (χ4n) is 7.64. The minimum Gasteiger partial charge on any atom is -0.462 e. The number of esters is 2. The van der Waals surface area contributed by atoms with Crippen molar-refractivity contribution in [3.8, 4) is 0 Å². The Hall–Kier alpha value is -1.92. The predicted molar refractivity (Wildman–Crippen MR) is 172 cm³/mol. The monoisotopic (exact) mass is 600 g/mol. The molecule has 6 nitrogen and oxygen atoms in total. The van der Waals surface area contributed by atoms with Crippen LogP contribution in [0.5, 0.6) is 0 Å². The van der Waals surface area contributed by atoms with E-state index < -0.39 is 25.2 Å². The SMILES string of the molecule is C=C(CO)C(=O)OCC(CCC1CCC(C2CCC(/C=C/C3CCC(CCCC)CC3)CC2)CC1)COC(=O)C(=C)CO. The summed E-state index contributed by atoms with van der Waals surface area (Å²) in [5.74, 6) is 3.56. The van der Waals surface area contributed by atoms with Crippen molar-refractivity contribution in [2.75, 3.05) is 26.4 Å². The Morgan fingerprint density at radius 2 is 1.12 bits per heavy atom. The molecule has 0 heterocycles. The minimum atomic E-state index is -0.630. The van der Waals surface area contributed by atoms with Crippen LogP contribution in [0.25, 0.3) is 0 Å². The van der Waals surface area contributed by atoms with Crippen LogP contribution in [-0.2, 0) is 19.1 Å². The van der Waals surface area contributed by atoms with Crippen molar-refractivity contribution in [3.05, 3.63) is 36.5 Å². The second kappa shape index (κ2) is 19.5. The molecule has 0 saturated heterocycles. The van der Waals surface area contributed by atoms with Crippen LogP contribution in [0.15, 0.2) is 36.5 Å². The van der Waals surface area contributed by atoms with E-state index in [-0.39, 0.29) is 30.3 Å². The van der Waals surface area contributed by atoms with Gasteiger partial charge in [-0.15, -0.1) is 0 Å². The molecule has 0 aromatic heterocycles. The third kappa shape index (κ3) is 12.5. The number of carbonyl (C=O) groups excluding carboxylic acids is 2. The first-order valence-corrected chi connectivity index (χ1v) is 17.4. The Bertz CT molecular complexity index is 853. The molecule has 0 radical (unpaired) electrons. The Morgan fingerprint density at radius 3 is 1.58 bits per heavy atom. The number of unbranched alkanes of at least 4 members (excludes halogenated alkanes) is 1. The summed E-state index contributed by atoms with van der Waals surface area (Å²) in [5, 5.41) is 18.3. The number of allylic oxidation sites excluding steroid dienone is 2. The lowest BCUT2D eigenvalue weighted by Crippen LogP contribution is -2.26. The van der Waals surface area contributed by atoms with Crippen LogP contribution >= 0.6 is 0 Å². The number of rotatable bonds is 17. The molecule has 0 unspecified atom stereocenters. The normalized spacial score (nSPS) is 28.1. The van der Waals surface area contributed by atoms with Gasteiger partial charge in [0.05, 0.1) is 37.6 Å². The quantitative estimate of drug-likeness (QED) is 0.101. The van der Waals surface area contributed by atoms with E-state index in [4.69, 9.17) is 19.7 Å². The molecule has 3 aliphatic carbocycles. The molecular weight excluding hydrogens is 540 g/mol. The number of hydrogen-bond donors (Lipinski definition) is 2. The smallest absolute Gasteiger partial charge is 0.335 e. The molecule has 6 heteroatoms. The molecule has 3 fully saturated rings. The van der Waals surface area contributed by atoms with Crippen LogP contribution in [0.3, 0.4) is 0 Å². The Balaban J connectivity index is 1.35. The van der Waals surface area contributed by atoms with Crippen LogP contribution in [0, 0.1) is 41.4 Å². The van der Waals surface area contributed by atoms with Crippen molar-refractivity contribution in [2.45, 2.75) is 116 Å². The fraction of sp³-hybridized carbons (Fsp3) is 0.784. The van der Waals surface area contributed by atoms with Gasteiger partial charge >= 0.3 is 11.9 Å². The molecule has 0 aliphatic heterocycles. The zero-order valence-electron chi connectivity index (χ0n) is 27.0. The molecule has 3 rings (SSSR count). The van der Waals surface area contributed by atoms with Crippen LogP contribution in [0.1, 0.15) is 116 Å². The highest BCUT2D eigenvalue weighted by Gasteiger charge is 2.31. The zero-order valence-corrected chi connectivity index (χ0v) is 27.0. The molecule has 0 spiro atoms. The summed E-state index contributed by atoms with van der Waals surface area (Å²) >= 11 is 0. The van der Waals surface area contributed by atoms with Gasteiger partial charge in [-0.05, 0) is 113 Å². The Labute approximate surface area is 261 Å². The Kier molecular flexibility index (Phi) is 16.1. The van der Waals surface area contributed by atoms with E-state index in [0.29, 0.717) is 5.92 Å². The van der Waals surface area contributed by atoms with Gasteiger partial charge in [0.25, 0.3) is 0 Å². The predicted octanol–water partition coefficient (Wildman–Crippen LogP) is 7.73. The maximum atomic E-state index is 12.0. The van der Waals surface area contributed by atoms with Crippen LogP contribution in [-0.4, -0.2) is 48.6 Å². The number of ether oxygens (including phenoxy) is 2. The van der Waals surface area contributed by atoms with E-state index in [1.165, 1.54) is 96.3 Å². The molecule has 244 valence electrons. The van der Waals surface area contributed by atoms with Crippen LogP contribution < -0.4 is 0 Å². The number of aliphatic hydroxyl groups excluding tert-OH is 2. The molecule has 43 heavy (non-hydrogen) atoms. The molecular formula is C37H60O6. The summed E-state index contributed by atoms with van der Waals surface area (Å²) < 4.78 is 10.6. The number of aliphatic hydroxyl groups is 2. The van der Waals surface area contributed by atoms with Crippen molar-refractivity contribution >= 4 is 11.9 Å². The van der Waals surface area contributed by atoms with Gasteiger partial charge in [-0.25, -0.2) is 9.59 Å². The van der Waals surface area contributed by atoms with Gasteiger partial charge < -0.3 is 19.7 Å². The summed E-state index contributed by atoms with van der Waals surface area (Å²) in [4.78, 5) is 24.0. The standard InChI is InChI=1S/C37H60O6/c1-4-5-6-29-7-9-30(10-8-29)11-12-31-15-19-34(20-16-31)35-21-17-32(18-22-35)13-14-33(25-42-36(40)27(2)23-38)26-43-37(41)28(3)24-39/h11-12,29-35,38-39H,2-10,13-26H2,1H3/b12-11+. The van der Waals surface area contributed by atoms with Crippen molar-refractivity contribution in [1.29, 1.82) is 0 Å². The first-order valence-electron chi connectivity index (χ1n) is 17.4. The van der Waals surface area contributed by atoms with Gasteiger partial charge in [0.15, 0.2) is 0 Å². The van der Waals surface area contributed by atoms with E-state index in [1.54, 1.807) is 0 Å². The molecule has 3 aliphatic rings. The minimum absolute atomic E-state index is 0.00728. The molecule has 0 atom stereocenters. The molecule has 0 amide bonds. The highest BCUT2D eigenvalue weighted by Crippen LogP contribution is 2.43. The maximum absolute atomic E-state index is 12.0. The zero-order chi connectivity index (χ0) is 31.0. The average Bonchev–Trinajstić information content (AvgIpc) is 3.05. The van der Waals surface area contributed by atoms with E-state index >= 15 is 0 Å². The van der Waals surface area contributed by atoms with Gasteiger partial charge in [0.1, 0.15) is 0 Å². The lowest BCUT2D eigenvalue weighted by Gasteiger charge is -2.37. The van der Waals surface area contributed by atoms with Gasteiger partial charge in [-0.2, -0.15) is 0 Å². The van der Waals surface area contributed by atoms with Crippen molar-refractivity contribution in [2.24, 2.45) is 41.4 Å². The number of carbonyl (C=O) groups is 2. The van der Waals surface area contributed by atoms with Crippen molar-refractivity contribution in [1.82, 2.24) is 0 Å². The highest BCUT2D eigenvalue weighted by molar-refractivity contribution is 5.88. The maximum Gasteiger partial charge on any atom is 0.335 e. The molecule has 2 N–H and O–H groups in total. The van der Waals surface area contributed by atoms with Gasteiger partial charge in [0, 0.05) is 5.92 Å². The third-order valence-electron chi connectivity index (χ3n) is 10.7. The summed E-state index contributed by atoms with van der Waals surface area (Å²) in [6.07, 6.45) is 27.4. The lowest BCUT2D eigenvalue weighted by atomic mass is 9.68. The van der Waals surface area contributed by atoms with Gasteiger partial charge in [-0.3, -0.25) is 0 Å². The van der Waals surface area contributed by atoms with Gasteiger partial charge in [0.2, 0.25) is 0 Å². The lowest BCUT2D eigenvalue weighted by molar-refractivity contribution is -0.144. The second-order valence-corrected chi connectivity index (χ2v) is 13.9. The summed E-state index contributed by atoms with van der Waals surface area (Å²) in [7, 11) is 0. The van der Waals surface area contributed by atoms with E-state index in [1.807, 2.05) is 0 Å². The third-order valence-corrected chi connectivity index (χ3v) is 10.7. The fourth-order valence-corrected chi connectivity index (χ4v) is 7.64. The number of hydrogen-bond acceptors (Lipinski definition) is 6. The average molecular weight is 601 g/mol. The van der Waals surface area contributed by atoms with E-state index in [9.17, 15) is 9.59 Å². The van der Waals surface area contributed by atoms with Crippen molar-refractivity contribution < 1.29 is 29.3 Å². The summed E-state index contributed by atoms with van der Waals surface area (Å²) in [5.41, 5.74) is 0.0146. The largest absolute Gasteiger partial charge is 0.462 e. The Morgan fingerprint density at radius 1 is 0.698 bits per heavy atom. The first-order chi connectivity index (χ1) is 20.8. The molecule has 0 bridgehead atoms. The second-order valence-electron chi connectivity index (χ2n) is 13.9. The summed E-state index contributed by atoms with van der Waals surface area (Å²) in [6, 6.07) is 0. The molecule has 3 saturated carbocycles. The first kappa shape index (κ1) is 35.6. The van der Waals surface area contributed by atoms with E-state index in [2.05, 4.69) is 32.2 Å². The summed E-state index contributed by atoms with van der Waals surface area (Å²) in [6.45, 7) is 8.64. The van der Waals surface area contributed by atoms with Crippen LogP contribution in [0.4, 0.5) is 0 Å². The molecule has 0 aromatic rings.